The van der Waals surface area contributed by atoms with Crippen LogP contribution in [0.3, 0.4) is 0 Å². The molecule has 0 saturated carbocycles. The minimum Gasteiger partial charge on any atom is -0.465 e. The number of nitrogens with zero attached hydrogens (tertiary/aromatic N) is 5. The zero-order chi connectivity index (χ0) is 22.8. The van der Waals surface area contributed by atoms with Crippen LogP contribution in [0.1, 0.15) is 15.9 Å². The second-order valence-electron chi connectivity index (χ2n) is 7.97. The highest BCUT2D eigenvalue weighted by Crippen LogP contribution is 2.26. The van der Waals surface area contributed by atoms with Crippen LogP contribution in [0.25, 0.3) is 10.9 Å². The minimum absolute atomic E-state index is 0.0296. The Morgan fingerprint density at radius 1 is 1.09 bits per heavy atom. The van der Waals surface area contributed by atoms with E-state index in [1.165, 1.54) is 19.2 Å². The van der Waals surface area contributed by atoms with Crippen molar-refractivity contribution in [2.75, 3.05) is 45.2 Å². The third-order valence-corrected chi connectivity index (χ3v) is 5.85. The summed E-state index contributed by atoms with van der Waals surface area (Å²) in [5.74, 6) is -1.17. The van der Waals surface area contributed by atoms with Crippen LogP contribution in [0.5, 0.6) is 0 Å². The van der Waals surface area contributed by atoms with Crippen LogP contribution in [-0.4, -0.2) is 71.9 Å². The van der Waals surface area contributed by atoms with Gasteiger partial charge in [0.1, 0.15) is 5.82 Å². The first-order valence-corrected chi connectivity index (χ1v) is 10.4. The predicted molar refractivity (Wildman–Crippen MR) is 119 cm³/mol. The number of halogens is 1. The molecule has 32 heavy (non-hydrogen) atoms. The Bertz CT molecular complexity index is 1150. The van der Waals surface area contributed by atoms with Crippen molar-refractivity contribution in [3.63, 3.8) is 0 Å². The number of ether oxygens (including phenoxy) is 1. The molecule has 2 aromatic carbocycles. The number of hydrogen-bond acceptors (Lipinski definition) is 5. The lowest BCUT2D eigenvalue weighted by atomic mass is 10.1. The lowest BCUT2D eigenvalue weighted by Gasteiger charge is -2.36. The van der Waals surface area contributed by atoms with E-state index in [1.54, 1.807) is 20.7 Å². The number of rotatable bonds is 4. The van der Waals surface area contributed by atoms with E-state index in [2.05, 4.69) is 14.7 Å². The molecule has 1 aliphatic rings. The first kappa shape index (κ1) is 21.8. The van der Waals surface area contributed by atoms with Crippen molar-refractivity contribution in [1.82, 2.24) is 19.6 Å². The number of aryl methyl sites for hydroxylation is 1. The van der Waals surface area contributed by atoms with Crippen molar-refractivity contribution >= 4 is 28.6 Å². The molecule has 168 valence electrons. The summed E-state index contributed by atoms with van der Waals surface area (Å²) in [5, 5.41) is 5.22. The smallest absolute Gasteiger partial charge is 0.337 e. The van der Waals surface area contributed by atoms with E-state index in [1.807, 2.05) is 32.3 Å². The maximum Gasteiger partial charge on any atom is 0.337 e. The number of carbonyl (C=O) groups is 2. The molecule has 9 heteroatoms. The van der Waals surface area contributed by atoms with Gasteiger partial charge in [0.25, 0.3) is 0 Å². The van der Waals surface area contributed by atoms with Crippen LogP contribution >= 0.6 is 0 Å². The number of aromatic nitrogens is 2. The molecule has 0 aliphatic carbocycles. The predicted octanol–water partition coefficient (Wildman–Crippen LogP) is 2.87. The number of esters is 1. The Balaban J connectivity index is 1.69. The first-order chi connectivity index (χ1) is 15.4. The van der Waals surface area contributed by atoms with Gasteiger partial charge in [0.05, 0.1) is 30.9 Å². The normalized spacial score (nSPS) is 14.6. The second-order valence-corrected chi connectivity index (χ2v) is 7.97. The van der Waals surface area contributed by atoms with Crippen LogP contribution in [0, 0.1) is 5.82 Å². The molecule has 1 aromatic heterocycles. The highest BCUT2D eigenvalue weighted by atomic mass is 19.1. The van der Waals surface area contributed by atoms with Crippen molar-refractivity contribution in [3.05, 3.63) is 59.5 Å². The molecule has 8 nitrogen and oxygen atoms in total. The summed E-state index contributed by atoms with van der Waals surface area (Å²) in [6.07, 6.45) is 1.76. The molecule has 0 atom stereocenters. The number of carbonyl (C=O) groups excluding carboxylic acids is 2. The standard InChI is InChI=1S/C23H26FN5O3/c1-26-8-10-28(11-9-26)23(31)29(19-7-6-17-14-25-27(2)21(17)13-19)15-18-5-4-16(12-20(18)24)22(30)32-3/h4-7,12-14H,8-11,15H2,1-3H3. The van der Waals surface area contributed by atoms with Gasteiger partial charge in [-0.3, -0.25) is 9.58 Å². The SMILES string of the molecule is COC(=O)c1ccc(CN(C(=O)N2CCN(C)CC2)c2ccc3cnn(C)c3c2)c(F)c1. The van der Waals surface area contributed by atoms with Crippen molar-refractivity contribution in [1.29, 1.82) is 0 Å². The van der Waals surface area contributed by atoms with Gasteiger partial charge in [-0.2, -0.15) is 5.10 Å². The molecule has 0 bridgehead atoms. The zero-order valence-corrected chi connectivity index (χ0v) is 18.4. The molecule has 1 aliphatic heterocycles. The molecule has 2 heterocycles. The number of likely N-dealkylation sites (N-methyl/N-ethyl adjacent to an activating group) is 1. The van der Waals surface area contributed by atoms with E-state index in [4.69, 9.17) is 0 Å². The molecule has 0 radical (unpaired) electrons. The Hall–Kier alpha value is -3.46. The molecule has 4 rings (SSSR count). The number of anilines is 1. The van der Waals surface area contributed by atoms with E-state index in [0.717, 1.165) is 30.1 Å². The molecular formula is C23H26FN5O3. The number of methoxy groups -OCH3 is 1. The molecule has 1 fully saturated rings. The molecular weight excluding hydrogens is 413 g/mol. The summed E-state index contributed by atoms with van der Waals surface area (Å²) in [7, 11) is 5.11. The van der Waals surface area contributed by atoms with Gasteiger partial charge >= 0.3 is 12.0 Å². The van der Waals surface area contributed by atoms with E-state index < -0.39 is 11.8 Å². The van der Waals surface area contributed by atoms with Gasteiger partial charge in [-0.1, -0.05) is 6.07 Å². The molecule has 3 aromatic rings. The Kier molecular flexibility index (Phi) is 6.09. The van der Waals surface area contributed by atoms with E-state index >= 15 is 0 Å². The second kappa shape index (κ2) is 8.96. The van der Waals surface area contributed by atoms with Crippen LogP contribution in [0.15, 0.2) is 42.6 Å². The Morgan fingerprint density at radius 2 is 1.84 bits per heavy atom. The summed E-state index contributed by atoms with van der Waals surface area (Å²) in [6.45, 7) is 2.79. The van der Waals surface area contributed by atoms with Gasteiger partial charge in [-0.25, -0.2) is 14.0 Å². The fourth-order valence-electron chi connectivity index (χ4n) is 3.83. The molecule has 2 amide bonds. The van der Waals surface area contributed by atoms with Gasteiger partial charge in [0.2, 0.25) is 0 Å². The van der Waals surface area contributed by atoms with Crippen LogP contribution < -0.4 is 4.90 Å². The van der Waals surface area contributed by atoms with Crippen LogP contribution in [0.2, 0.25) is 0 Å². The van der Waals surface area contributed by atoms with Crippen LogP contribution in [0.4, 0.5) is 14.9 Å². The van der Waals surface area contributed by atoms with Crippen molar-refractivity contribution in [3.8, 4) is 0 Å². The number of fused-ring (bicyclic) bond motifs is 1. The molecule has 0 unspecified atom stereocenters. The zero-order valence-electron chi connectivity index (χ0n) is 18.4. The highest BCUT2D eigenvalue weighted by molar-refractivity contribution is 5.95. The fourth-order valence-corrected chi connectivity index (χ4v) is 3.83. The number of amides is 2. The largest absolute Gasteiger partial charge is 0.465 e. The summed E-state index contributed by atoms with van der Waals surface area (Å²) in [5.41, 5.74) is 1.97. The third-order valence-electron chi connectivity index (χ3n) is 5.85. The Labute approximate surface area is 185 Å². The highest BCUT2D eigenvalue weighted by Gasteiger charge is 2.27. The number of hydrogen-bond donors (Lipinski definition) is 0. The number of benzene rings is 2. The molecule has 0 spiro atoms. The number of urea groups is 1. The molecule has 1 saturated heterocycles. The van der Waals surface area contributed by atoms with Crippen LogP contribution in [-0.2, 0) is 18.3 Å². The van der Waals surface area contributed by atoms with Gasteiger partial charge in [0.15, 0.2) is 0 Å². The minimum atomic E-state index is -0.609. The van der Waals surface area contributed by atoms with E-state index in [0.29, 0.717) is 24.3 Å². The average Bonchev–Trinajstić information content (AvgIpc) is 3.17. The van der Waals surface area contributed by atoms with Gasteiger partial charge in [0, 0.05) is 49.9 Å². The lowest BCUT2D eigenvalue weighted by Crippen LogP contribution is -2.52. The van der Waals surface area contributed by atoms with Crippen molar-refractivity contribution in [2.45, 2.75) is 6.54 Å². The van der Waals surface area contributed by atoms with Gasteiger partial charge < -0.3 is 14.5 Å². The average molecular weight is 439 g/mol. The van der Waals surface area contributed by atoms with Crippen molar-refractivity contribution < 1.29 is 18.7 Å². The van der Waals surface area contributed by atoms with Gasteiger partial charge in [-0.15, -0.1) is 0 Å². The summed E-state index contributed by atoms with van der Waals surface area (Å²) >= 11 is 0. The fraction of sp³-hybridized carbons (Fsp3) is 0.348. The summed E-state index contributed by atoms with van der Waals surface area (Å²) < 4.78 is 21.3. The molecule has 0 N–H and O–H groups in total. The quantitative estimate of drug-likeness (QED) is 0.585. The summed E-state index contributed by atoms with van der Waals surface area (Å²) in [6, 6.07) is 9.62. The maximum absolute atomic E-state index is 14.9. The third kappa shape index (κ3) is 4.29. The lowest BCUT2D eigenvalue weighted by molar-refractivity contribution is 0.0600. The van der Waals surface area contributed by atoms with Gasteiger partial charge in [-0.05, 0) is 37.4 Å². The van der Waals surface area contributed by atoms with E-state index in [9.17, 15) is 14.0 Å². The summed E-state index contributed by atoms with van der Waals surface area (Å²) in [4.78, 5) is 30.8. The topological polar surface area (TPSA) is 70.9 Å². The van der Waals surface area contributed by atoms with E-state index in [-0.39, 0.29) is 18.1 Å². The monoisotopic (exact) mass is 439 g/mol. The first-order valence-electron chi connectivity index (χ1n) is 10.4. The number of piperazine rings is 1. The Morgan fingerprint density at radius 3 is 2.53 bits per heavy atom. The van der Waals surface area contributed by atoms with Crippen molar-refractivity contribution in [2.24, 2.45) is 7.05 Å². The maximum atomic E-state index is 14.9.